The van der Waals surface area contributed by atoms with Gasteiger partial charge in [0.2, 0.25) is 0 Å². The Morgan fingerprint density at radius 2 is 1.34 bits per heavy atom. The molecule has 2 aromatic carbocycles. The van der Waals surface area contributed by atoms with Crippen LogP contribution >= 0.6 is 15.0 Å². The van der Waals surface area contributed by atoms with E-state index in [0.29, 0.717) is 43.3 Å². The van der Waals surface area contributed by atoms with Crippen molar-refractivity contribution in [2.24, 2.45) is 0 Å². The number of carbonyl (C=O) groups excluding carboxylic acids is 2. The molecule has 2 fully saturated rings. The van der Waals surface area contributed by atoms with E-state index in [1.54, 1.807) is 56.7 Å². The van der Waals surface area contributed by atoms with Gasteiger partial charge >= 0.3 is 15.0 Å². The molecule has 2 aliphatic heterocycles. The van der Waals surface area contributed by atoms with Crippen molar-refractivity contribution in [3.8, 4) is 0 Å². The Morgan fingerprint density at radius 1 is 0.795 bits per heavy atom. The van der Waals surface area contributed by atoms with Gasteiger partial charge in [-0.05, 0) is 56.4 Å². The van der Waals surface area contributed by atoms with E-state index in [4.69, 9.17) is 19.5 Å². The van der Waals surface area contributed by atoms with Crippen molar-refractivity contribution >= 4 is 37.5 Å². The van der Waals surface area contributed by atoms with Crippen LogP contribution in [0.25, 0.3) is 0 Å². The first-order valence-electron chi connectivity index (χ1n) is 15.3. The summed E-state index contributed by atoms with van der Waals surface area (Å²) in [5.74, 6) is -1.12. The highest BCUT2D eigenvalue weighted by molar-refractivity contribution is 7.65. The smallest absolute Gasteiger partial charge is 0.303 e. The molecular weight excluding hydrogens is 606 g/mol. The zero-order valence-corrected chi connectivity index (χ0v) is 27.2. The van der Waals surface area contributed by atoms with Crippen LogP contribution in [0.15, 0.2) is 60.7 Å². The van der Waals surface area contributed by atoms with E-state index in [1.807, 2.05) is 31.2 Å². The number of hydroxylamine groups is 2. The molecule has 3 atom stereocenters. The first kappa shape index (κ1) is 36.1. The third kappa shape index (κ3) is 9.80. The van der Waals surface area contributed by atoms with E-state index < -0.39 is 32.9 Å². The molecule has 14 heteroatoms. The summed E-state index contributed by atoms with van der Waals surface area (Å²) >= 11 is 0. The second kappa shape index (κ2) is 18.5. The minimum Gasteiger partial charge on any atom is -0.314 e. The number of carbonyl (C=O) groups is 2. The highest BCUT2D eigenvalue weighted by Crippen LogP contribution is 2.53. The highest BCUT2D eigenvalue weighted by atomic mass is 31.2. The molecule has 0 aliphatic carbocycles. The molecule has 3 unspecified atom stereocenters. The highest BCUT2D eigenvalue weighted by Gasteiger charge is 2.42. The molecule has 2 aromatic rings. The standard InChI is InChI=1S/C16H25N2O4P.C14H21N2O4P/c1-2-3-11-15(16(19)17-20)18-12-7-8-13-22-23(18,21)14-9-5-4-6-10-14;17-14(15-18)12-16-10-6-1-2-7-11-20-21(16,19)13-8-4-3-5-9-13/h4-6,9-10,15,20H,2-3,7-8,11-13H2,1H3,(H,17,19);3-5,8-9,18H,1-2,6-7,10-12H2,(H,15,17). The van der Waals surface area contributed by atoms with Gasteiger partial charge in [0.15, 0.2) is 0 Å². The number of rotatable bonds is 9. The Bertz CT molecular complexity index is 1250. The predicted molar refractivity (Wildman–Crippen MR) is 168 cm³/mol. The molecule has 244 valence electrons. The summed E-state index contributed by atoms with van der Waals surface area (Å²) < 4.78 is 41.7. The predicted octanol–water partition coefficient (Wildman–Crippen LogP) is 4.58. The van der Waals surface area contributed by atoms with Crippen LogP contribution in [0.5, 0.6) is 0 Å². The Kier molecular flexibility index (Phi) is 15.2. The minimum atomic E-state index is -3.32. The van der Waals surface area contributed by atoms with Gasteiger partial charge in [-0.15, -0.1) is 0 Å². The first-order valence-corrected chi connectivity index (χ1v) is 18.5. The molecule has 0 bridgehead atoms. The van der Waals surface area contributed by atoms with E-state index in [0.717, 1.165) is 51.4 Å². The number of nitrogens with one attached hydrogen (secondary N) is 2. The van der Waals surface area contributed by atoms with Gasteiger partial charge in [0.25, 0.3) is 11.8 Å². The fraction of sp³-hybridized carbons (Fsp3) is 0.533. The normalized spacial score (nSPS) is 24.2. The van der Waals surface area contributed by atoms with Crippen molar-refractivity contribution in [1.29, 1.82) is 0 Å². The molecule has 4 rings (SSSR count). The number of benzene rings is 2. The molecule has 0 saturated carbocycles. The Balaban J connectivity index is 0.000000241. The van der Waals surface area contributed by atoms with E-state index in [-0.39, 0.29) is 6.54 Å². The number of amides is 2. The van der Waals surface area contributed by atoms with Gasteiger partial charge in [0.05, 0.1) is 36.4 Å². The second-order valence-electron chi connectivity index (χ2n) is 10.7. The molecule has 0 radical (unpaired) electrons. The summed E-state index contributed by atoms with van der Waals surface area (Å²) in [6.45, 7) is 3.70. The molecule has 4 N–H and O–H groups in total. The lowest BCUT2D eigenvalue weighted by molar-refractivity contribution is -0.133. The molecule has 0 aromatic heterocycles. The van der Waals surface area contributed by atoms with Crippen molar-refractivity contribution in [1.82, 2.24) is 20.3 Å². The lowest BCUT2D eigenvalue weighted by Gasteiger charge is -2.34. The van der Waals surface area contributed by atoms with Crippen LogP contribution in [-0.4, -0.2) is 70.5 Å². The number of nitrogens with zero attached hydrogens (tertiary/aromatic N) is 2. The van der Waals surface area contributed by atoms with Gasteiger partial charge in [0.1, 0.15) is 0 Å². The van der Waals surface area contributed by atoms with E-state index in [2.05, 4.69) is 0 Å². The van der Waals surface area contributed by atoms with E-state index in [1.165, 1.54) is 0 Å². The number of hydrogen-bond donors (Lipinski definition) is 4. The van der Waals surface area contributed by atoms with Crippen molar-refractivity contribution in [2.75, 3.05) is 32.8 Å². The van der Waals surface area contributed by atoms with Crippen LogP contribution < -0.4 is 21.6 Å². The van der Waals surface area contributed by atoms with Gasteiger partial charge in [-0.3, -0.25) is 29.1 Å². The fourth-order valence-electron chi connectivity index (χ4n) is 5.21. The molecule has 2 heterocycles. The summed E-state index contributed by atoms with van der Waals surface area (Å²) in [6.07, 6.45) is 7.60. The fourth-order valence-corrected chi connectivity index (χ4v) is 10.0. The average Bonchev–Trinajstić information content (AvgIpc) is 3.20. The molecule has 2 aliphatic rings. The lowest BCUT2D eigenvalue weighted by Crippen LogP contribution is -2.46. The van der Waals surface area contributed by atoms with Crippen molar-refractivity contribution in [3.63, 3.8) is 0 Å². The van der Waals surface area contributed by atoms with Gasteiger partial charge in [0, 0.05) is 13.1 Å². The van der Waals surface area contributed by atoms with Crippen LogP contribution in [0, 0.1) is 0 Å². The Labute approximate surface area is 260 Å². The van der Waals surface area contributed by atoms with Gasteiger partial charge in [-0.25, -0.2) is 20.3 Å². The van der Waals surface area contributed by atoms with E-state index in [9.17, 15) is 18.7 Å². The summed E-state index contributed by atoms with van der Waals surface area (Å²) in [7, 11) is -6.60. The maximum Gasteiger partial charge on any atom is 0.303 e. The maximum atomic E-state index is 13.7. The van der Waals surface area contributed by atoms with Gasteiger partial charge < -0.3 is 9.05 Å². The van der Waals surface area contributed by atoms with Crippen LogP contribution in [-0.2, 0) is 27.8 Å². The molecule has 2 saturated heterocycles. The van der Waals surface area contributed by atoms with Crippen LogP contribution in [0.3, 0.4) is 0 Å². The summed E-state index contributed by atoms with van der Waals surface area (Å²) in [5.41, 5.74) is 3.32. The van der Waals surface area contributed by atoms with Crippen LogP contribution in [0.4, 0.5) is 0 Å². The second-order valence-corrected chi connectivity index (χ2v) is 15.4. The Hall–Kier alpha value is -2.40. The number of hydrogen-bond acceptors (Lipinski definition) is 8. The summed E-state index contributed by atoms with van der Waals surface area (Å²) in [6, 6.07) is 17.3. The third-order valence-corrected chi connectivity index (χ3v) is 12.8. The lowest BCUT2D eigenvalue weighted by atomic mass is 10.1. The minimum absolute atomic E-state index is 0.150. The Morgan fingerprint density at radius 3 is 1.93 bits per heavy atom. The average molecular weight is 653 g/mol. The number of unbranched alkanes of at least 4 members (excludes halogenated alkanes) is 1. The molecular formula is C30H46N4O8P2. The largest absolute Gasteiger partial charge is 0.314 e. The van der Waals surface area contributed by atoms with Crippen molar-refractivity contribution in [2.45, 2.75) is 70.8 Å². The van der Waals surface area contributed by atoms with Crippen LogP contribution in [0.1, 0.15) is 64.7 Å². The van der Waals surface area contributed by atoms with Crippen molar-refractivity contribution in [3.05, 3.63) is 60.7 Å². The molecule has 12 nitrogen and oxygen atoms in total. The third-order valence-electron chi connectivity index (χ3n) is 7.55. The van der Waals surface area contributed by atoms with Crippen molar-refractivity contribution < 1.29 is 38.2 Å². The monoisotopic (exact) mass is 652 g/mol. The SMILES string of the molecule is CCCCC(C(=O)NO)N1CCCCOP1(=O)c1ccccc1.O=C(CN1CCCCCCOP1(=O)c1ccccc1)NO. The summed E-state index contributed by atoms with van der Waals surface area (Å²) in [5, 5.41) is 19.0. The van der Waals surface area contributed by atoms with Gasteiger partial charge in [-0.2, -0.15) is 0 Å². The molecule has 0 spiro atoms. The first-order chi connectivity index (χ1) is 21.3. The zero-order chi connectivity index (χ0) is 31.8. The van der Waals surface area contributed by atoms with E-state index >= 15 is 0 Å². The topological polar surface area (TPSA) is 158 Å². The molecule has 44 heavy (non-hydrogen) atoms. The maximum absolute atomic E-state index is 13.7. The summed E-state index contributed by atoms with van der Waals surface area (Å²) in [4.78, 5) is 23.7. The zero-order valence-electron chi connectivity index (χ0n) is 25.4. The quantitative estimate of drug-likeness (QED) is 0.172. The van der Waals surface area contributed by atoms with Gasteiger partial charge in [-0.1, -0.05) is 69.0 Å². The van der Waals surface area contributed by atoms with Crippen LogP contribution in [0.2, 0.25) is 0 Å². The molecule has 2 amide bonds.